The lowest BCUT2D eigenvalue weighted by molar-refractivity contribution is 0.627. The Morgan fingerprint density at radius 3 is 2.00 bits per heavy atom. The summed E-state index contributed by atoms with van der Waals surface area (Å²) < 4.78 is 27.6. The van der Waals surface area contributed by atoms with Crippen molar-refractivity contribution in [3.8, 4) is 27.6 Å². The van der Waals surface area contributed by atoms with Gasteiger partial charge in [0.2, 0.25) is 5.13 Å². The molecule has 2 aromatic carbocycles. The van der Waals surface area contributed by atoms with Gasteiger partial charge >= 0.3 is 0 Å². The number of halogens is 2. The molecule has 0 aliphatic heterocycles. The number of anilines is 1. The summed E-state index contributed by atoms with van der Waals surface area (Å²) in [5, 5.41) is 6.92. The Kier molecular flexibility index (Phi) is 3.77. The molecule has 4 nitrogen and oxygen atoms in total. The van der Waals surface area contributed by atoms with Crippen molar-refractivity contribution in [2.45, 2.75) is 0 Å². The molecular weight excluding hydrogens is 342 g/mol. The summed E-state index contributed by atoms with van der Waals surface area (Å²) in [5.74, 6) is -0.168. The van der Waals surface area contributed by atoms with Gasteiger partial charge in [0, 0.05) is 22.6 Å². The highest BCUT2D eigenvalue weighted by molar-refractivity contribution is 7.12. The van der Waals surface area contributed by atoms with Crippen LogP contribution in [0.1, 0.15) is 0 Å². The molecule has 0 aliphatic rings. The van der Waals surface area contributed by atoms with Crippen LogP contribution in [0.4, 0.5) is 14.6 Å². The zero-order chi connectivity index (χ0) is 17.4. The van der Waals surface area contributed by atoms with Crippen molar-refractivity contribution in [2.24, 2.45) is 0 Å². The molecule has 0 amide bonds. The van der Waals surface area contributed by atoms with Crippen LogP contribution in [0.3, 0.4) is 0 Å². The first-order chi connectivity index (χ1) is 12.1. The summed E-state index contributed by atoms with van der Waals surface area (Å²) in [6, 6.07) is 13.9. The minimum absolute atomic E-state index is 0.292. The molecule has 124 valence electrons. The number of nitrogen functional groups attached to an aromatic ring is 1. The van der Waals surface area contributed by atoms with Gasteiger partial charge in [-0.3, -0.25) is 0 Å². The van der Waals surface area contributed by atoms with E-state index in [1.54, 1.807) is 30.3 Å². The molecule has 7 heteroatoms. The molecule has 4 aromatic rings. The number of thiazole rings is 1. The van der Waals surface area contributed by atoms with Crippen LogP contribution >= 0.6 is 11.3 Å². The maximum atomic E-state index is 13.1. The molecule has 0 fully saturated rings. The average molecular weight is 354 g/mol. The molecule has 0 saturated carbocycles. The van der Waals surface area contributed by atoms with E-state index in [1.807, 2.05) is 5.38 Å². The van der Waals surface area contributed by atoms with Gasteiger partial charge in [-0.1, -0.05) is 0 Å². The normalized spacial score (nSPS) is 11.0. The first kappa shape index (κ1) is 15.5. The van der Waals surface area contributed by atoms with Crippen LogP contribution in [0.25, 0.3) is 27.6 Å². The number of hydrogen-bond acceptors (Lipinski definition) is 4. The molecule has 0 saturated heterocycles. The summed E-state index contributed by atoms with van der Waals surface area (Å²) in [6.07, 6.45) is 0. The number of nitrogens with two attached hydrogens (primary N) is 1. The van der Waals surface area contributed by atoms with Gasteiger partial charge in [-0.05, 0) is 48.5 Å². The van der Waals surface area contributed by atoms with E-state index in [2.05, 4.69) is 10.1 Å². The van der Waals surface area contributed by atoms with E-state index in [0.717, 1.165) is 16.8 Å². The van der Waals surface area contributed by atoms with Crippen molar-refractivity contribution < 1.29 is 8.78 Å². The largest absolute Gasteiger partial charge is 0.383 e. The third-order valence-corrected chi connectivity index (χ3v) is 4.51. The maximum absolute atomic E-state index is 13.1. The number of benzene rings is 2. The van der Waals surface area contributed by atoms with Crippen molar-refractivity contribution in [2.75, 3.05) is 5.73 Å². The number of nitrogens with zero attached hydrogens (tertiary/aromatic N) is 3. The van der Waals surface area contributed by atoms with E-state index in [4.69, 9.17) is 5.73 Å². The van der Waals surface area contributed by atoms with E-state index in [-0.39, 0.29) is 11.6 Å². The van der Waals surface area contributed by atoms with Gasteiger partial charge in [0.1, 0.15) is 17.5 Å². The summed E-state index contributed by atoms with van der Waals surface area (Å²) in [7, 11) is 0. The Labute approximate surface area is 146 Å². The molecule has 2 N–H and O–H groups in total. The maximum Gasteiger partial charge on any atom is 0.212 e. The standard InChI is InChI=1S/C18H12F2N4S/c19-13-5-1-11(2-6-13)15-9-17(21)24(23-15)18-22-16(10-25-18)12-3-7-14(20)8-4-12/h1-10H,21H2. The zero-order valence-corrected chi connectivity index (χ0v) is 13.7. The van der Waals surface area contributed by atoms with Crippen LogP contribution in [-0.2, 0) is 0 Å². The Balaban J connectivity index is 1.69. The van der Waals surface area contributed by atoms with Crippen LogP contribution in [-0.4, -0.2) is 14.8 Å². The molecule has 25 heavy (non-hydrogen) atoms. The molecule has 0 radical (unpaired) electrons. The molecule has 2 aromatic heterocycles. The van der Waals surface area contributed by atoms with E-state index >= 15 is 0 Å². The Morgan fingerprint density at radius 1 is 0.840 bits per heavy atom. The van der Waals surface area contributed by atoms with Gasteiger partial charge in [0.15, 0.2) is 0 Å². The fourth-order valence-corrected chi connectivity index (χ4v) is 3.23. The molecular formula is C18H12F2N4S. The Hall–Kier alpha value is -3.06. The lowest BCUT2D eigenvalue weighted by Gasteiger charge is -1.99. The first-order valence-corrected chi connectivity index (χ1v) is 8.31. The van der Waals surface area contributed by atoms with Crippen molar-refractivity contribution >= 4 is 17.2 Å². The number of aromatic nitrogens is 3. The topological polar surface area (TPSA) is 56.7 Å². The monoisotopic (exact) mass is 354 g/mol. The van der Waals surface area contributed by atoms with Crippen LogP contribution in [0.2, 0.25) is 0 Å². The molecule has 0 bridgehead atoms. The molecule has 0 atom stereocenters. The SMILES string of the molecule is Nc1cc(-c2ccc(F)cc2)nn1-c1nc(-c2ccc(F)cc2)cs1. The van der Waals surface area contributed by atoms with E-state index in [1.165, 1.54) is 40.3 Å². The Bertz CT molecular complexity index is 1020. The fourth-order valence-electron chi connectivity index (χ4n) is 2.43. The van der Waals surface area contributed by atoms with E-state index in [9.17, 15) is 8.78 Å². The summed E-state index contributed by atoms with van der Waals surface area (Å²) in [5.41, 5.74) is 8.99. The minimum Gasteiger partial charge on any atom is -0.383 e. The van der Waals surface area contributed by atoms with Gasteiger partial charge in [0.25, 0.3) is 0 Å². The summed E-state index contributed by atoms with van der Waals surface area (Å²) in [6.45, 7) is 0. The van der Waals surface area contributed by atoms with Gasteiger partial charge in [-0.15, -0.1) is 11.3 Å². The highest BCUT2D eigenvalue weighted by Gasteiger charge is 2.13. The molecule has 0 unspecified atom stereocenters. The average Bonchev–Trinajstić information content (AvgIpc) is 3.23. The van der Waals surface area contributed by atoms with Crippen LogP contribution in [0, 0.1) is 11.6 Å². The van der Waals surface area contributed by atoms with Gasteiger partial charge in [0.05, 0.1) is 11.4 Å². The predicted octanol–water partition coefficient (Wildman–Crippen LogP) is 4.52. The third kappa shape index (κ3) is 3.01. The second-order valence-corrected chi connectivity index (χ2v) is 6.23. The smallest absolute Gasteiger partial charge is 0.212 e. The van der Waals surface area contributed by atoms with Crippen molar-refractivity contribution in [3.63, 3.8) is 0 Å². The third-order valence-electron chi connectivity index (χ3n) is 3.69. The van der Waals surface area contributed by atoms with Crippen LogP contribution < -0.4 is 5.73 Å². The van der Waals surface area contributed by atoms with Crippen molar-refractivity contribution in [1.29, 1.82) is 0 Å². The molecule has 2 heterocycles. The van der Waals surface area contributed by atoms with E-state index in [0.29, 0.717) is 16.6 Å². The predicted molar refractivity (Wildman–Crippen MR) is 94.4 cm³/mol. The number of rotatable bonds is 3. The highest BCUT2D eigenvalue weighted by atomic mass is 32.1. The minimum atomic E-state index is -0.306. The highest BCUT2D eigenvalue weighted by Crippen LogP contribution is 2.28. The lowest BCUT2D eigenvalue weighted by atomic mass is 10.1. The van der Waals surface area contributed by atoms with Crippen molar-refractivity contribution in [3.05, 3.63) is 71.6 Å². The summed E-state index contributed by atoms with van der Waals surface area (Å²) >= 11 is 1.38. The lowest BCUT2D eigenvalue weighted by Crippen LogP contribution is -2.01. The first-order valence-electron chi connectivity index (χ1n) is 7.43. The summed E-state index contributed by atoms with van der Waals surface area (Å²) in [4.78, 5) is 4.52. The Morgan fingerprint density at radius 2 is 1.40 bits per heavy atom. The second-order valence-electron chi connectivity index (χ2n) is 5.40. The van der Waals surface area contributed by atoms with E-state index < -0.39 is 0 Å². The van der Waals surface area contributed by atoms with Gasteiger partial charge < -0.3 is 5.73 Å². The van der Waals surface area contributed by atoms with Crippen LogP contribution in [0.5, 0.6) is 0 Å². The molecule has 4 rings (SSSR count). The number of hydrogen-bond donors (Lipinski definition) is 1. The quantitative estimate of drug-likeness (QED) is 0.588. The molecule has 0 aliphatic carbocycles. The fraction of sp³-hybridized carbons (Fsp3) is 0. The van der Waals surface area contributed by atoms with Crippen LogP contribution in [0.15, 0.2) is 60.0 Å². The van der Waals surface area contributed by atoms with Crippen molar-refractivity contribution in [1.82, 2.24) is 14.8 Å². The molecule has 0 spiro atoms. The van der Waals surface area contributed by atoms with Gasteiger partial charge in [-0.2, -0.15) is 9.78 Å². The van der Waals surface area contributed by atoms with Gasteiger partial charge in [-0.25, -0.2) is 13.8 Å². The zero-order valence-electron chi connectivity index (χ0n) is 12.9. The second kappa shape index (κ2) is 6.10.